The first kappa shape index (κ1) is 15.4. The number of amides is 1. The first-order valence-electron chi connectivity index (χ1n) is 7.12. The zero-order chi connectivity index (χ0) is 13.8. The Balaban J connectivity index is 2.59. The van der Waals surface area contributed by atoms with Crippen molar-refractivity contribution in [3.63, 3.8) is 0 Å². The van der Waals surface area contributed by atoms with E-state index < -0.39 is 0 Å². The molecule has 0 aromatic rings. The van der Waals surface area contributed by atoms with Crippen LogP contribution in [-0.4, -0.2) is 43.5 Å². The normalized spacial score (nSPS) is 18.6. The zero-order valence-corrected chi connectivity index (χ0v) is 12.4. The summed E-state index contributed by atoms with van der Waals surface area (Å²) >= 11 is 0. The van der Waals surface area contributed by atoms with Crippen molar-refractivity contribution in [2.24, 2.45) is 11.1 Å². The molecular formula is C14H29N3O. The highest BCUT2D eigenvalue weighted by Gasteiger charge is 2.41. The maximum atomic E-state index is 12.4. The second-order valence-electron chi connectivity index (χ2n) is 5.85. The summed E-state index contributed by atoms with van der Waals surface area (Å²) in [5.74, 6) is 0.128. The molecule has 1 rings (SSSR count). The Kier molecular flexibility index (Phi) is 5.17. The number of nitrogens with zero attached hydrogens (tertiary/aromatic N) is 1. The number of carbonyl (C=O) groups excluding carboxylic acids is 1. The molecule has 0 aliphatic heterocycles. The van der Waals surface area contributed by atoms with Crippen LogP contribution >= 0.6 is 0 Å². The third-order valence-electron chi connectivity index (χ3n) is 5.04. The molecule has 0 atom stereocenters. The lowest BCUT2D eigenvalue weighted by atomic mass is 9.75. The number of rotatable bonds is 7. The monoisotopic (exact) mass is 255 g/mol. The molecule has 3 N–H and O–H groups in total. The SMILES string of the molecule is CCC(CC)(CN)C(=O)NCC1(N(C)C)CCC1. The second kappa shape index (κ2) is 6.02. The van der Waals surface area contributed by atoms with Gasteiger partial charge in [-0.1, -0.05) is 13.8 Å². The fraction of sp³-hybridized carbons (Fsp3) is 0.929. The van der Waals surface area contributed by atoms with E-state index in [1.165, 1.54) is 19.3 Å². The summed E-state index contributed by atoms with van der Waals surface area (Å²) in [6.07, 6.45) is 5.22. The summed E-state index contributed by atoms with van der Waals surface area (Å²) in [7, 11) is 4.20. The van der Waals surface area contributed by atoms with Crippen molar-refractivity contribution >= 4 is 5.91 Å². The third kappa shape index (κ3) is 2.69. The van der Waals surface area contributed by atoms with Gasteiger partial charge in [-0.2, -0.15) is 0 Å². The van der Waals surface area contributed by atoms with E-state index in [9.17, 15) is 4.79 Å². The third-order valence-corrected chi connectivity index (χ3v) is 5.04. The number of nitrogens with two attached hydrogens (primary N) is 1. The average molecular weight is 255 g/mol. The van der Waals surface area contributed by atoms with Crippen LogP contribution in [0.4, 0.5) is 0 Å². The summed E-state index contributed by atoms with van der Waals surface area (Å²) in [4.78, 5) is 14.6. The van der Waals surface area contributed by atoms with E-state index in [2.05, 4.69) is 24.3 Å². The maximum Gasteiger partial charge on any atom is 0.227 e. The first-order chi connectivity index (χ1) is 8.46. The van der Waals surface area contributed by atoms with Crippen molar-refractivity contribution in [1.29, 1.82) is 0 Å². The van der Waals surface area contributed by atoms with Crippen LogP contribution in [0.2, 0.25) is 0 Å². The van der Waals surface area contributed by atoms with Crippen molar-refractivity contribution in [3.8, 4) is 0 Å². The van der Waals surface area contributed by atoms with Crippen LogP contribution in [0.5, 0.6) is 0 Å². The van der Waals surface area contributed by atoms with E-state index in [1.807, 2.05) is 13.8 Å². The fourth-order valence-corrected chi connectivity index (χ4v) is 2.75. The fourth-order valence-electron chi connectivity index (χ4n) is 2.75. The Morgan fingerprint density at radius 1 is 1.33 bits per heavy atom. The maximum absolute atomic E-state index is 12.4. The Bertz CT molecular complexity index is 272. The van der Waals surface area contributed by atoms with Gasteiger partial charge in [0.25, 0.3) is 0 Å². The molecule has 1 aliphatic carbocycles. The molecule has 0 saturated heterocycles. The molecule has 0 heterocycles. The van der Waals surface area contributed by atoms with E-state index in [0.29, 0.717) is 6.54 Å². The minimum atomic E-state index is -0.378. The van der Waals surface area contributed by atoms with Gasteiger partial charge in [-0.15, -0.1) is 0 Å². The van der Waals surface area contributed by atoms with Gasteiger partial charge in [0, 0.05) is 18.6 Å². The van der Waals surface area contributed by atoms with E-state index in [4.69, 9.17) is 5.73 Å². The number of hydrogen-bond donors (Lipinski definition) is 2. The summed E-state index contributed by atoms with van der Waals surface area (Å²) in [6, 6.07) is 0. The van der Waals surface area contributed by atoms with Gasteiger partial charge in [-0.25, -0.2) is 0 Å². The zero-order valence-electron chi connectivity index (χ0n) is 12.4. The molecule has 106 valence electrons. The summed E-state index contributed by atoms with van der Waals surface area (Å²) < 4.78 is 0. The Morgan fingerprint density at radius 2 is 1.89 bits per heavy atom. The second-order valence-corrected chi connectivity index (χ2v) is 5.85. The van der Waals surface area contributed by atoms with Crippen LogP contribution in [0.1, 0.15) is 46.0 Å². The van der Waals surface area contributed by atoms with Gasteiger partial charge in [0.1, 0.15) is 0 Å². The van der Waals surface area contributed by atoms with Crippen LogP contribution in [0.3, 0.4) is 0 Å². The molecule has 1 amide bonds. The molecule has 0 aromatic carbocycles. The topological polar surface area (TPSA) is 58.4 Å². The summed E-state index contributed by atoms with van der Waals surface area (Å²) in [5.41, 5.74) is 5.60. The van der Waals surface area contributed by atoms with E-state index >= 15 is 0 Å². The van der Waals surface area contributed by atoms with Gasteiger partial charge in [0.15, 0.2) is 0 Å². The van der Waals surface area contributed by atoms with Gasteiger partial charge in [-0.3, -0.25) is 4.79 Å². The Hall–Kier alpha value is -0.610. The largest absolute Gasteiger partial charge is 0.354 e. The number of hydrogen-bond acceptors (Lipinski definition) is 3. The predicted octanol–water partition coefficient (Wildman–Crippen LogP) is 1.35. The molecule has 18 heavy (non-hydrogen) atoms. The van der Waals surface area contributed by atoms with E-state index in [0.717, 1.165) is 19.4 Å². The molecule has 0 bridgehead atoms. The molecule has 4 nitrogen and oxygen atoms in total. The molecule has 0 unspecified atom stereocenters. The minimum absolute atomic E-state index is 0.128. The van der Waals surface area contributed by atoms with Crippen LogP contribution in [0, 0.1) is 5.41 Å². The number of likely N-dealkylation sites (N-methyl/N-ethyl adjacent to an activating group) is 1. The Morgan fingerprint density at radius 3 is 2.17 bits per heavy atom. The molecule has 0 spiro atoms. The van der Waals surface area contributed by atoms with Crippen LogP contribution in [-0.2, 0) is 4.79 Å². The minimum Gasteiger partial charge on any atom is -0.354 e. The van der Waals surface area contributed by atoms with Gasteiger partial charge in [0.05, 0.1) is 5.41 Å². The van der Waals surface area contributed by atoms with Crippen LogP contribution in [0.15, 0.2) is 0 Å². The van der Waals surface area contributed by atoms with Gasteiger partial charge >= 0.3 is 0 Å². The van der Waals surface area contributed by atoms with Crippen molar-refractivity contribution in [1.82, 2.24) is 10.2 Å². The predicted molar refractivity (Wildman–Crippen MR) is 75.3 cm³/mol. The molecule has 1 saturated carbocycles. The van der Waals surface area contributed by atoms with Gasteiger partial charge < -0.3 is 16.0 Å². The van der Waals surface area contributed by atoms with Gasteiger partial charge in [-0.05, 0) is 46.2 Å². The lowest BCUT2D eigenvalue weighted by Gasteiger charge is -2.48. The summed E-state index contributed by atoms with van der Waals surface area (Å²) in [5, 5.41) is 3.14. The average Bonchev–Trinajstić information content (AvgIpc) is 2.30. The van der Waals surface area contributed by atoms with Crippen LogP contribution in [0.25, 0.3) is 0 Å². The highest BCUT2D eigenvalue weighted by atomic mass is 16.2. The molecule has 1 aliphatic rings. The quantitative estimate of drug-likeness (QED) is 0.722. The molecule has 0 radical (unpaired) electrons. The molecule has 4 heteroatoms. The highest BCUT2D eigenvalue weighted by Crippen LogP contribution is 2.36. The smallest absolute Gasteiger partial charge is 0.227 e. The van der Waals surface area contributed by atoms with Crippen molar-refractivity contribution < 1.29 is 4.79 Å². The summed E-state index contributed by atoms with van der Waals surface area (Å²) in [6.45, 7) is 5.27. The number of carbonyl (C=O) groups is 1. The lowest BCUT2D eigenvalue weighted by Crippen LogP contribution is -2.59. The standard InChI is InChI=1S/C14H29N3O/c1-5-13(6-2,10-15)12(18)16-11-14(17(3)4)8-7-9-14/h5-11,15H2,1-4H3,(H,16,18). The van der Waals surface area contributed by atoms with E-state index in [-0.39, 0.29) is 16.9 Å². The molecule has 0 aromatic heterocycles. The van der Waals surface area contributed by atoms with E-state index in [1.54, 1.807) is 0 Å². The molecule has 1 fully saturated rings. The Labute approximate surface area is 111 Å². The van der Waals surface area contributed by atoms with Gasteiger partial charge in [0.2, 0.25) is 5.91 Å². The first-order valence-corrected chi connectivity index (χ1v) is 7.12. The van der Waals surface area contributed by atoms with Crippen molar-refractivity contribution in [2.45, 2.75) is 51.5 Å². The highest BCUT2D eigenvalue weighted by molar-refractivity contribution is 5.82. The molecular weight excluding hydrogens is 226 g/mol. The number of nitrogens with one attached hydrogen (secondary N) is 1. The van der Waals surface area contributed by atoms with Crippen LogP contribution < -0.4 is 11.1 Å². The lowest BCUT2D eigenvalue weighted by molar-refractivity contribution is -0.132. The van der Waals surface area contributed by atoms with Crippen molar-refractivity contribution in [2.75, 3.05) is 27.2 Å². The van der Waals surface area contributed by atoms with Crippen molar-refractivity contribution in [3.05, 3.63) is 0 Å².